The van der Waals surface area contributed by atoms with E-state index < -0.39 is 13.1 Å². The maximum Gasteiger partial charge on any atom is 0.508 e. The van der Waals surface area contributed by atoms with Crippen LogP contribution in [-0.2, 0) is 4.74 Å². The minimum absolute atomic E-state index is 0.0792. The van der Waals surface area contributed by atoms with Crippen molar-refractivity contribution in [1.29, 1.82) is 0 Å². The van der Waals surface area contributed by atoms with Crippen molar-refractivity contribution in [2.75, 3.05) is 12.8 Å². The first-order valence-electron chi connectivity index (χ1n) is 9.64. The summed E-state index contributed by atoms with van der Waals surface area (Å²) in [5.41, 5.74) is 8.70. The van der Waals surface area contributed by atoms with Gasteiger partial charge in [-0.25, -0.2) is 19.7 Å². The minimum Gasteiger partial charge on any atom is -0.465 e. The summed E-state index contributed by atoms with van der Waals surface area (Å²) >= 11 is 0. The van der Waals surface area contributed by atoms with Crippen LogP contribution in [0.15, 0.2) is 54.7 Å². The lowest BCUT2D eigenvalue weighted by Crippen LogP contribution is -2.32. The number of anilines is 1. The number of fused-ring (bicyclic) bond motifs is 1. The molecule has 9 nitrogen and oxygen atoms in total. The fourth-order valence-electron chi connectivity index (χ4n) is 3.01. The van der Waals surface area contributed by atoms with Crippen LogP contribution in [0.3, 0.4) is 0 Å². The number of nitrogens with two attached hydrogens (primary N) is 1. The molecule has 0 atom stereocenters. The molecule has 4 N–H and O–H groups in total. The second kappa shape index (κ2) is 9.37. The average Bonchev–Trinajstić information content (AvgIpc) is 3.18. The third-order valence-corrected chi connectivity index (χ3v) is 4.42. The Morgan fingerprint density at radius 1 is 1.06 bits per heavy atom. The predicted octanol–water partition coefficient (Wildman–Crippen LogP) is 1.56. The van der Waals surface area contributed by atoms with Crippen molar-refractivity contribution >= 4 is 35.7 Å². The minimum atomic E-state index is -1.73. The Bertz CT molecular complexity index is 1210. The number of hydrogen-bond donors (Lipinski definition) is 3. The van der Waals surface area contributed by atoms with Gasteiger partial charge in [0.1, 0.15) is 11.3 Å². The fourth-order valence-corrected chi connectivity index (χ4v) is 3.01. The first kappa shape index (κ1) is 21.9. The largest absolute Gasteiger partial charge is 0.508 e. The summed E-state index contributed by atoms with van der Waals surface area (Å²) in [7, 11) is -0.412. The molecule has 10 heteroatoms. The Morgan fingerprint density at radius 3 is 2.39 bits per heavy atom. The van der Waals surface area contributed by atoms with Crippen molar-refractivity contribution in [3.63, 3.8) is 0 Å². The topological polar surface area (TPSA) is 136 Å². The van der Waals surface area contributed by atoms with Gasteiger partial charge in [-0.2, -0.15) is 0 Å². The molecule has 0 aliphatic carbocycles. The van der Waals surface area contributed by atoms with E-state index in [1.807, 2.05) is 13.8 Å². The number of hydrogen-bond acceptors (Lipinski definition) is 8. The molecule has 0 fully saturated rings. The highest BCUT2D eigenvalue weighted by Gasteiger charge is 2.21. The van der Waals surface area contributed by atoms with Gasteiger partial charge in [-0.1, -0.05) is 13.8 Å². The molecule has 0 aliphatic heterocycles. The van der Waals surface area contributed by atoms with Gasteiger partial charge < -0.3 is 20.5 Å². The van der Waals surface area contributed by atoms with Crippen LogP contribution in [0, 0.1) is 0 Å². The van der Waals surface area contributed by atoms with Crippen LogP contribution < -0.4 is 11.3 Å². The maximum absolute atomic E-state index is 11.7. The van der Waals surface area contributed by atoms with Gasteiger partial charge >= 0.3 is 13.1 Å². The number of rotatable bonds is 4. The molecule has 0 saturated heterocycles. The zero-order chi connectivity index (χ0) is 22.5. The molecule has 4 aromatic rings. The number of carbonyl (C=O) groups is 1. The van der Waals surface area contributed by atoms with Crippen molar-refractivity contribution in [2.45, 2.75) is 13.8 Å². The van der Waals surface area contributed by atoms with Gasteiger partial charge in [-0.05, 0) is 48.5 Å². The van der Waals surface area contributed by atoms with Crippen molar-refractivity contribution in [2.24, 2.45) is 0 Å². The molecule has 1 aromatic carbocycles. The van der Waals surface area contributed by atoms with Gasteiger partial charge in [0, 0.05) is 11.9 Å². The summed E-state index contributed by atoms with van der Waals surface area (Å²) in [5, 5.41) is 19.0. The Kier molecular flexibility index (Phi) is 6.63. The number of esters is 1. The molecular formula is C21H22BN5O4. The molecule has 0 spiro atoms. The normalized spacial score (nSPS) is 10.4. The third kappa shape index (κ3) is 4.25. The highest BCUT2D eigenvalue weighted by atomic mass is 16.5. The lowest BCUT2D eigenvalue weighted by atomic mass is 9.86. The Labute approximate surface area is 179 Å². The molecule has 0 unspecified atom stereocenters. The van der Waals surface area contributed by atoms with Crippen molar-refractivity contribution in [3.05, 3.63) is 60.3 Å². The summed E-state index contributed by atoms with van der Waals surface area (Å²) in [6, 6.07) is 13.3. The van der Waals surface area contributed by atoms with Gasteiger partial charge in [0.05, 0.1) is 23.8 Å². The van der Waals surface area contributed by atoms with Gasteiger partial charge in [0.2, 0.25) is 0 Å². The molecule has 0 bridgehead atoms. The fraction of sp³-hybridized carbons (Fsp3) is 0.143. The summed E-state index contributed by atoms with van der Waals surface area (Å²) in [4.78, 5) is 24.8. The first-order chi connectivity index (χ1) is 15.0. The highest BCUT2D eigenvalue weighted by molar-refractivity contribution is 6.57. The number of carbonyl (C=O) groups excluding carboxylic acids is 1. The summed E-state index contributed by atoms with van der Waals surface area (Å²) in [5.74, 6) is 0.318. The SMILES string of the molecule is CC.COC(=O)c1ccc(-n2c(-c3cccnc3N)nc3ccc(B(O)O)nc32)cc1. The van der Waals surface area contributed by atoms with Gasteiger partial charge in [-0.15, -0.1) is 0 Å². The van der Waals surface area contributed by atoms with E-state index in [1.54, 1.807) is 53.2 Å². The average molecular weight is 419 g/mol. The number of pyridine rings is 2. The van der Waals surface area contributed by atoms with Gasteiger partial charge in [0.15, 0.2) is 11.5 Å². The molecule has 3 heterocycles. The number of aromatic nitrogens is 4. The van der Waals surface area contributed by atoms with Crippen molar-refractivity contribution in [1.82, 2.24) is 19.5 Å². The van der Waals surface area contributed by atoms with Crippen molar-refractivity contribution in [3.8, 4) is 17.1 Å². The molecule has 31 heavy (non-hydrogen) atoms. The molecule has 4 rings (SSSR count). The van der Waals surface area contributed by atoms with E-state index in [2.05, 4.69) is 15.0 Å². The summed E-state index contributed by atoms with van der Waals surface area (Å²) < 4.78 is 6.46. The van der Waals surface area contributed by atoms with Crippen LogP contribution in [0.5, 0.6) is 0 Å². The Balaban J connectivity index is 0.00000132. The Morgan fingerprint density at radius 2 is 1.77 bits per heavy atom. The molecule has 0 amide bonds. The van der Waals surface area contributed by atoms with Crippen LogP contribution in [0.4, 0.5) is 5.82 Å². The maximum atomic E-state index is 11.7. The lowest BCUT2D eigenvalue weighted by molar-refractivity contribution is 0.0600. The third-order valence-electron chi connectivity index (χ3n) is 4.42. The van der Waals surface area contributed by atoms with Crippen LogP contribution in [0.1, 0.15) is 24.2 Å². The molecular weight excluding hydrogens is 397 g/mol. The van der Waals surface area contributed by atoms with E-state index in [0.717, 1.165) is 0 Å². The van der Waals surface area contributed by atoms with E-state index in [4.69, 9.17) is 10.5 Å². The smallest absolute Gasteiger partial charge is 0.465 e. The van der Waals surface area contributed by atoms with Crippen LogP contribution in [-0.4, -0.2) is 49.8 Å². The first-order valence-corrected chi connectivity index (χ1v) is 9.64. The van der Waals surface area contributed by atoms with Crippen LogP contribution in [0.2, 0.25) is 0 Å². The zero-order valence-corrected chi connectivity index (χ0v) is 17.4. The zero-order valence-electron chi connectivity index (χ0n) is 17.4. The van der Waals surface area contributed by atoms with E-state index >= 15 is 0 Å². The van der Waals surface area contributed by atoms with E-state index in [9.17, 15) is 14.8 Å². The molecule has 3 aromatic heterocycles. The standard InChI is InChI=1S/C19H16BN5O4.C2H6/c1-29-19(26)11-4-6-12(7-5-11)25-17(13-3-2-10-22-16(13)21)23-14-8-9-15(20(27)28)24-18(14)25;1-2/h2-10,27-28H,1H3,(H2,21,22);1-2H3. The second-order valence-electron chi connectivity index (χ2n) is 6.20. The lowest BCUT2D eigenvalue weighted by Gasteiger charge is -2.11. The number of benzene rings is 1. The number of imidazole rings is 1. The second-order valence-corrected chi connectivity index (χ2v) is 6.20. The molecule has 158 valence electrons. The number of methoxy groups -OCH3 is 1. The monoisotopic (exact) mass is 419 g/mol. The quantitative estimate of drug-likeness (QED) is 0.335. The van der Waals surface area contributed by atoms with Crippen LogP contribution in [0.25, 0.3) is 28.2 Å². The van der Waals surface area contributed by atoms with Gasteiger partial charge in [0.25, 0.3) is 0 Å². The predicted molar refractivity (Wildman–Crippen MR) is 119 cm³/mol. The number of nitrogen functional groups attached to an aromatic ring is 1. The van der Waals surface area contributed by atoms with E-state index in [0.29, 0.717) is 33.8 Å². The molecule has 0 radical (unpaired) electrons. The number of nitrogens with zero attached hydrogens (tertiary/aromatic N) is 4. The molecule has 0 aliphatic rings. The highest BCUT2D eigenvalue weighted by Crippen LogP contribution is 2.29. The Hall–Kier alpha value is -3.76. The summed E-state index contributed by atoms with van der Waals surface area (Å²) in [6.45, 7) is 4.00. The van der Waals surface area contributed by atoms with Gasteiger partial charge in [-0.3, -0.25) is 4.57 Å². The van der Waals surface area contributed by atoms with E-state index in [1.165, 1.54) is 13.2 Å². The van der Waals surface area contributed by atoms with Crippen LogP contribution >= 0.6 is 0 Å². The summed E-state index contributed by atoms with van der Waals surface area (Å²) in [6.07, 6.45) is 1.58. The molecule has 0 saturated carbocycles. The van der Waals surface area contributed by atoms with E-state index in [-0.39, 0.29) is 11.4 Å². The number of ether oxygens (including phenoxy) is 1. The van der Waals surface area contributed by atoms with Crippen molar-refractivity contribution < 1.29 is 19.6 Å².